The summed E-state index contributed by atoms with van der Waals surface area (Å²) in [7, 11) is 0. The number of nitrogens with two attached hydrogens (primary N) is 1. The van der Waals surface area contributed by atoms with E-state index < -0.39 is 0 Å². The molecule has 0 amide bonds. The van der Waals surface area contributed by atoms with Crippen molar-refractivity contribution < 1.29 is 0 Å². The molecule has 0 aliphatic rings. The SMILES string of the molecule is C=CCC[C@@H](N)c1ccc(N(CC)CC)cc1.Cl. The molecule has 0 spiro atoms. The molecule has 1 aromatic carbocycles. The molecule has 3 heteroatoms. The third kappa shape index (κ3) is 4.71. The Morgan fingerprint density at radius 1 is 1.22 bits per heavy atom. The van der Waals surface area contributed by atoms with Crippen molar-refractivity contribution >= 4 is 18.1 Å². The van der Waals surface area contributed by atoms with Crippen molar-refractivity contribution in [1.29, 1.82) is 0 Å². The van der Waals surface area contributed by atoms with Crippen LogP contribution >= 0.6 is 12.4 Å². The molecule has 18 heavy (non-hydrogen) atoms. The van der Waals surface area contributed by atoms with Gasteiger partial charge in [-0.15, -0.1) is 19.0 Å². The second-order valence-electron chi connectivity index (χ2n) is 4.24. The average Bonchev–Trinajstić information content (AvgIpc) is 2.38. The van der Waals surface area contributed by atoms with Gasteiger partial charge in [0.15, 0.2) is 0 Å². The molecule has 0 fully saturated rings. The van der Waals surface area contributed by atoms with E-state index in [2.05, 4.69) is 49.6 Å². The molecule has 0 aliphatic heterocycles. The fourth-order valence-corrected chi connectivity index (χ4v) is 1.99. The average molecular weight is 269 g/mol. The van der Waals surface area contributed by atoms with E-state index in [0.29, 0.717) is 0 Å². The van der Waals surface area contributed by atoms with Crippen molar-refractivity contribution in [3.63, 3.8) is 0 Å². The van der Waals surface area contributed by atoms with Crippen LogP contribution in [0, 0.1) is 0 Å². The lowest BCUT2D eigenvalue weighted by Gasteiger charge is -2.21. The summed E-state index contributed by atoms with van der Waals surface area (Å²) in [4.78, 5) is 2.33. The number of hydrogen-bond acceptors (Lipinski definition) is 2. The van der Waals surface area contributed by atoms with Crippen molar-refractivity contribution in [2.24, 2.45) is 5.73 Å². The quantitative estimate of drug-likeness (QED) is 0.760. The Bertz CT molecular complexity index is 331. The molecule has 0 saturated carbocycles. The topological polar surface area (TPSA) is 29.3 Å². The molecule has 0 aliphatic carbocycles. The molecule has 2 nitrogen and oxygen atoms in total. The number of rotatable bonds is 7. The number of nitrogens with zero attached hydrogens (tertiary/aromatic N) is 1. The minimum Gasteiger partial charge on any atom is -0.372 e. The van der Waals surface area contributed by atoms with E-state index in [1.54, 1.807) is 0 Å². The maximum Gasteiger partial charge on any atom is 0.0366 e. The van der Waals surface area contributed by atoms with Gasteiger partial charge in [0.25, 0.3) is 0 Å². The van der Waals surface area contributed by atoms with E-state index in [4.69, 9.17) is 5.73 Å². The van der Waals surface area contributed by atoms with Crippen molar-refractivity contribution in [2.75, 3.05) is 18.0 Å². The Labute approximate surface area is 117 Å². The van der Waals surface area contributed by atoms with Gasteiger partial charge in [0.1, 0.15) is 0 Å². The molecule has 0 unspecified atom stereocenters. The van der Waals surface area contributed by atoms with Gasteiger partial charge in [-0.3, -0.25) is 0 Å². The zero-order chi connectivity index (χ0) is 12.7. The highest BCUT2D eigenvalue weighted by atomic mass is 35.5. The number of allylic oxidation sites excluding steroid dienone is 1. The monoisotopic (exact) mass is 268 g/mol. The number of hydrogen-bond donors (Lipinski definition) is 1. The van der Waals surface area contributed by atoms with Gasteiger partial charge in [-0.2, -0.15) is 0 Å². The van der Waals surface area contributed by atoms with Crippen LogP contribution in [-0.4, -0.2) is 13.1 Å². The van der Waals surface area contributed by atoms with Crippen LogP contribution in [-0.2, 0) is 0 Å². The summed E-state index contributed by atoms with van der Waals surface area (Å²) in [6.45, 7) is 10.2. The summed E-state index contributed by atoms with van der Waals surface area (Å²) in [5.41, 5.74) is 8.59. The molecule has 0 heterocycles. The molecular formula is C15H25ClN2. The van der Waals surface area contributed by atoms with Gasteiger partial charge in [0, 0.05) is 24.8 Å². The minimum atomic E-state index is 0. The van der Waals surface area contributed by atoms with E-state index in [0.717, 1.165) is 25.9 Å². The third-order valence-corrected chi connectivity index (χ3v) is 3.13. The molecule has 1 atom stereocenters. The summed E-state index contributed by atoms with van der Waals surface area (Å²) in [6.07, 6.45) is 3.86. The lowest BCUT2D eigenvalue weighted by Crippen LogP contribution is -2.21. The Kier molecular flexibility index (Phi) is 8.51. The highest BCUT2D eigenvalue weighted by Crippen LogP contribution is 2.20. The highest BCUT2D eigenvalue weighted by molar-refractivity contribution is 5.85. The van der Waals surface area contributed by atoms with Crippen molar-refractivity contribution in [3.05, 3.63) is 42.5 Å². The summed E-state index contributed by atoms with van der Waals surface area (Å²) in [6, 6.07) is 8.73. The Morgan fingerprint density at radius 3 is 2.22 bits per heavy atom. The molecular weight excluding hydrogens is 244 g/mol. The Balaban J connectivity index is 0.00000289. The van der Waals surface area contributed by atoms with Gasteiger partial charge in [0.05, 0.1) is 0 Å². The van der Waals surface area contributed by atoms with Crippen molar-refractivity contribution in [3.8, 4) is 0 Å². The predicted molar refractivity (Wildman–Crippen MR) is 83.6 cm³/mol. The maximum absolute atomic E-state index is 6.11. The van der Waals surface area contributed by atoms with Crippen LogP contribution in [0.15, 0.2) is 36.9 Å². The number of benzene rings is 1. The first-order chi connectivity index (χ1) is 8.22. The normalized spacial score (nSPS) is 11.5. The molecule has 1 aromatic rings. The first-order valence-electron chi connectivity index (χ1n) is 6.44. The summed E-state index contributed by atoms with van der Waals surface area (Å²) >= 11 is 0. The molecule has 0 radical (unpaired) electrons. The lowest BCUT2D eigenvalue weighted by atomic mass is 10.0. The van der Waals surface area contributed by atoms with E-state index in [9.17, 15) is 0 Å². The maximum atomic E-state index is 6.11. The lowest BCUT2D eigenvalue weighted by molar-refractivity contribution is 0.661. The molecule has 1 rings (SSSR count). The second kappa shape index (κ2) is 9.01. The van der Waals surface area contributed by atoms with Gasteiger partial charge in [-0.25, -0.2) is 0 Å². The zero-order valence-electron chi connectivity index (χ0n) is 11.4. The number of anilines is 1. The smallest absolute Gasteiger partial charge is 0.0366 e. The molecule has 0 aromatic heterocycles. The van der Waals surface area contributed by atoms with Crippen LogP contribution in [0.4, 0.5) is 5.69 Å². The van der Waals surface area contributed by atoms with Gasteiger partial charge < -0.3 is 10.6 Å². The molecule has 0 saturated heterocycles. The van der Waals surface area contributed by atoms with E-state index in [1.807, 2.05) is 6.08 Å². The molecule has 102 valence electrons. The first-order valence-corrected chi connectivity index (χ1v) is 6.44. The van der Waals surface area contributed by atoms with Crippen LogP contribution in [0.1, 0.15) is 38.3 Å². The van der Waals surface area contributed by atoms with Gasteiger partial charge >= 0.3 is 0 Å². The molecule has 2 N–H and O–H groups in total. The van der Waals surface area contributed by atoms with E-state index in [1.165, 1.54) is 11.3 Å². The van der Waals surface area contributed by atoms with Gasteiger partial charge in [-0.1, -0.05) is 18.2 Å². The fraction of sp³-hybridized carbons (Fsp3) is 0.467. The van der Waals surface area contributed by atoms with Gasteiger partial charge in [-0.05, 0) is 44.4 Å². The van der Waals surface area contributed by atoms with Crippen LogP contribution < -0.4 is 10.6 Å². The van der Waals surface area contributed by atoms with Crippen LogP contribution in [0.25, 0.3) is 0 Å². The van der Waals surface area contributed by atoms with Crippen molar-refractivity contribution in [1.82, 2.24) is 0 Å². The largest absolute Gasteiger partial charge is 0.372 e. The predicted octanol–water partition coefficient (Wildman–Crippen LogP) is 3.92. The Hall–Kier alpha value is -0.990. The van der Waals surface area contributed by atoms with Crippen LogP contribution in [0.3, 0.4) is 0 Å². The molecule has 0 bridgehead atoms. The fourth-order valence-electron chi connectivity index (χ4n) is 1.99. The van der Waals surface area contributed by atoms with E-state index in [-0.39, 0.29) is 18.4 Å². The standard InChI is InChI=1S/C15H24N2.ClH/c1-4-7-8-15(16)13-9-11-14(12-10-13)17(5-2)6-3;/h4,9-12,15H,1,5-8,16H2,2-3H3;1H/t15-;/m1./s1. The first kappa shape index (κ1) is 17.0. The zero-order valence-corrected chi connectivity index (χ0v) is 12.2. The van der Waals surface area contributed by atoms with Crippen molar-refractivity contribution in [2.45, 2.75) is 32.7 Å². The highest BCUT2D eigenvalue weighted by Gasteiger charge is 2.06. The van der Waals surface area contributed by atoms with Crippen LogP contribution in [0.5, 0.6) is 0 Å². The van der Waals surface area contributed by atoms with Crippen LogP contribution in [0.2, 0.25) is 0 Å². The van der Waals surface area contributed by atoms with Gasteiger partial charge in [0.2, 0.25) is 0 Å². The summed E-state index contributed by atoms with van der Waals surface area (Å²) in [5.74, 6) is 0. The number of halogens is 1. The third-order valence-electron chi connectivity index (χ3n) is 3.13. The minimum absolute atomic E-state index is 0. The summed E-state index contributed by atoms with van der Waals surface area (Å²) in [5, 5.41) is 0. The summed E-state index contributed by atoms with van der Waals surface area (Å²) < 4.78 is 0. The van der Waals surface area contributed by atoms with E-state index >= 15 is 0 Å². The second-order valence-corrected chi connectivity index (χ2v) is 4.24. The Morgan fingerprint density at radius 2 is 1.78 bits per heavy atom.